The van der Waals surface area contributed by atoms with E-state index in [2.05, 4.69) is 197 Å². The lowest BCUT2D eigenvalue weighted by Crippen LogP contribution is -2.10. The van der Waals surface area contributed by atoms with Gasteiger partial charge in [0.1, 0.15) is 0 Å². The molecule has 11 rings (SSSR count). The van der Waals surface area contributed by atoms with Crippen LogP contribution < -0.4 is 0 Å². The summed E-state index contributed by atoms with van der Waals surface area (Å²) in [6.45, 7) is 20.5. The normalized spacial score (nSPS) is 12.9. The molecule has 0 saturated heterocycles. The van der Waals surface area contributed by atoms with Crippen molar-refractivity contribution in [2.24, 2.45) is 0 Å². The molecular formula is C61H54N4O2S. The number of para-hydroxylation sites is 2. The highest BCUT2D eigenvalue weighted by Crippen LogP contribution is 2.51. The number of hydrogen-bond donors (Lipinski definition) is 0. The van der Waals surface area contributed by atoms with E-state index in [4.69, 9.17) is 0 Å². The highest BCUT2D eigenvalue weighted by atomic mass is 32.2. The number of rotatable bonds is 5. The van der Waals surface area contributed by atoms with Crippen molar-refractivity contribution >= 4 is 75.3 Å². The first-order chi connectivity index (χ1) is 32.4. The van der Waals surface area contributed by atoms with Crippen LogP contribution in [-0.2, 0) is 26.1 Å². The molecule has 0 aliphatic rings. The molecule has 0 amide bonds. The van der Waals surface area contributed by atoms with Gasteiger partial charge in [-0.05, 0) is 142 Å². The first-order valence-corrected chi connectivity index (χ1v) is 24.9. The van der Waals surface area contributed by atoms with Gasteiger partial charge >= 0.3 is 0 Å². The second kappa shape index (κ2) is 15.1. The molecule has 8 aromatic carbocycles. The minimum Gasteiger partial charge on any atom is -0.308 e. The summed E-state index contributed by atoms with van der Waals surface area (Å²) in [5.41, 5.74) is 13.3. The van der Waals surface area contributed by atoms with Gasteiger partial charge in [-0.2, -0.15) is 5.26 Å². The summed E-state index contributed by atoms with van der Waals surface area (Å²) in [4.78, 5) is 0.329. The van der Waals surface area contributed by atoms with E-state index < -0.39 is 9.84 Å². The third-order valence-corrected chi connectivity index (χ3v) is 15.7. The second-order valence-corrected chi connectivity index (χ2v) is 23.4. The van der Waals surface area contributed by atoms with Gasteiger partial charge in [-0.25, -0.2) is 8.42 Å². The van der Waals surface area contributed by atoms with E-state index in [0.717, 1.165) is 71.7 Å². The summed E-state index contributed by atoms with van der Waals surface area (Å²) in [5, 5.41) is 16.3. The van der Waals surface area contributed by atoms with E-state index in [1.807, 2.05) is 12.1 Å². The summed E-state index contributed by atoms with van der Waals surface area (Å²) >= 11 is 0. The van der Waals surface area contributed by atoms with Crippen molar-refractivity contribution in [1.82, 2.24) is 13.7 Å². The van der Waals surface area contributed by atoms with E-state index in [1.54, 1.807) is 24.3 Å². The summed E-state index contributed by atoms with van der Waals surface area (Å²) in [5.74, 6) is 0. The molecule has 68 heavy (non-hydrogen) atoms. The Labute approximate surface area is 398 Å². The van der Waals surface area contributed by atoms with Crippen LogP contribution in [0.1, 0.15) is 84.6 Å². The van der Waals surface area contributed by atoms with Crippen molar-refractivity contribution in [1.29, 1.82) is 5.26 Å². The van der Waals surface area contributed by atoms with Crippen molar-refractivity contribution < 1.29 is 8.42 Å². The maximum absolute atomic E-state index is 14.2. The summed E-state index contributed by atoms with van der Waals surface area (Å²) in [6, 6.07) is 58.0. The monoisotopic (exact) mass is 906 g/mol. The van der Waals surface area contributed by atoms with Gasteiger partial charge in [0, 0.05) is 49.4 Å². The minimum absolute atomic E-state index is 0.107. The predicted octanol–water partition coefficient (Wildman–Crippen LogP) is 15.6. The van der Waals surface area contributed by atoms with Gasteiger partial charge in [-0.3, -0.25) is 0 Å². The smallest absolute Gasteiger partial charge is 0.206 e. The molecule has 0 unspecified atom stereocenters. The molecular weight excluding hydrogens is 853 g/mol. The number of nitrogens with zero attached hydrogens (tertiary/aromatic N) is 4. The Bertz CT molecular complexity index is 3930. The van der Waals surface area contributed by atoms with Gasteiger partial charge in [0.15, 0.2) is 0 Å². The van der Waals surface area contributed by atoms with Gasteiger partial charge < -0.3 is 13.7 Å². The fourth-order valence-corrected chi connectivity index (χ4v) is 11.5. The molecule has 0 atom stereocenters. The summed E-state index contributed by atoms with van der Waals surface area (Å²) in [6.07, 6.45) is 0. The van der Waals surface area contributed by atoms with Gasteiger partial charge in [-0.15, -0.1) is 0 Å². The number of nitriles is 1. The van der Waals surface area contributed by atoms with E-state index in [1.165, 1.54) is 39.6 Å². The van der Waals surface area contributed by atoms with Gasteiger partial charge in [0.25, 0.3) is 0 Å². The van der Waals surface area contributed by atoms with Crippen molar-refractivity contribution in [3.05, 3.63) is 186 Å². The lowest BCUT2D eigenvalue weighted by molar-refractivity contribution is 0.591. The molecule has 0 radical (unpaired) electrons. The SMILES string of the molecule is CC(C)(C)c1ccc2c(c1)c1c(c3c4cc(C(C)(C)C)ccc4n(-c4ccc(S(=O)(=O)c5ccc(C#N)cc5)cc4)c3c3c4cc(C(C)(C)C)ccc4n(-c4ccccc4)c13)n2-c1ccccc1. The molecule has 3 heterocycles. The molecule has 0 N–H and O–H groups in total. The van der Waals surface area contributed by atoms with Crippen LogP contribution in [0.5, 0.6) is 0 Å². The maximum atomic E-state index is 14.2. The molecule has 7 heteroatoms. The van der Waals surface area contributed by atoms with Gasteiger partial charge in [-0.1, -0.05) is 117 Å². The molecule has 336 valence electrons. The predicted molar refractivity (Wildman–Crippen MR) is 282 cm³/mol. The van der Waals surface area contributed by atoms with Crippen LogP contribution in [0.3, 0.4) is 0 Å². The highest BCUT2D eigenvalue weighted by Gasteiger charge is 2.31. The first-order valence-electron chi connectivity index (χ1n) is 23.4. The molecule has 0 bridgehead atoms. The first kappa shape index (κ1) is 43.2. The Hall–Kier alpha value is -7.40. The Morgan fingerprint density at radius 3 is 1.01 bits per heavy atom. The molecule has 0 fully saturated rings. The molecule has 0 spiro atoms. The maximum Gasteiger partial charge on any atom is 0.206 e. The number of hydrogen-bond acceptors (Lipinski definition) is 3. The zero-order chi connectivity index (χ0) is 47.7. The standard InChI is InChI=1S/C61H54N4O2S/c1-59(2,3)39-22-31-50-47(34-39)53-56-54(48-35-40(60(4,5)6)23-32-51(48)64(56)43-18-14-11-15-19-43)58-55(57(53)63(50)42-16-12-10-13-17-42)49-36-41(61(7,8)9)24-33-52(49)65(58)44-25-29-46(30-26-44)68(66,67)45-27-20-38(37-62)21-28-45/h10-36H,1-9H3. The van der Waals surface area contributed by atoms with Crippen LogP contribution in [0, 0.1) is 11.3 Å². The van der Waals surface area contributed by atoms with Crippen molar-refractivity contribution in [2.45, 2.75) is 88.3 Å². The van der Waals surface area contributed by atoms with E-state index >= 15 is 0 Å². The Morgan fingerprint density at radius 1 is 0.397 bits per heavy atom. The van der Waals surface area contributed by atoms with Crippen LogP contribution in [0.15, 0.2) is 174 Å². The van der Waals surface area contributed by atoms with E-state index in [9.17, 15) is 13.7 Å². The molecule has 0 aliphatic heterocycles. The van der Waals surface area contributed by atoms with Crippen LogP contribution >= 0.6 is 0 Å². The molecule has 3 aromatic heterocycles. The van der Waals surface area contributed by atoms with Crippen molar-refractivity contribution in [3.8, 4) is 23.1 Å². The summed E-state index contributed by atoms with van der Waals surface area (Å²) < 4.78 is 35.6. The minimum atomic E-state index is -3.89. The third-order valence-electron chi connectivity index (χ3n) is 13.9. The van der Waals surface area contributed by atoms with Crippen LogP contribution in [0.25, 0.3) is 82.5 Å². The van der Waals surface area contributed by atoms with Crippen LogP contribution in [0.2, 0.25) is 0 Å². The largest absolute Gasteiger partial charge is 0.308 e. The number of sulfone groups is 1. The number of fused-ring (bicyclic) bond motifs is 12. The fourth-order valence-electron chi connectivity index (χ4n) is 10.3. The lowest BCUT2D eigenvalue weighted by atomic mass is 9.85. The Kier molecular flexibility index (Phi) is 9.56. The molecule has 0 aliphatic carbocycles. The third kappa shape index (κ3) is 6.60. The fraction of sp³-hybridized carbons (Fsp3) is 0.197. The lowest BCUT2D eigenvalue weighted by Gasteiger charge is -2.19. The average molecular weight is 907 g/mol. The van der Waals surface area contributed by atoms with Crippen LogP contribution in [0.4, 0.5) is 0 Å². The zero-order valence-corrected chi connectivity index (χ0v) is 40.9. The van der Waals surface area contributed by atoms with Gasteiger partial charge in [0.05, 0.1) is 54.5 Å². The van der Waals surface area contributed by atoms with E-state index in [-0.39, 0.29) is 26.0 Å². The van der Waals surface area contributed by atoms with E-state index in [0.29, 0.717) is 5.56 Å². The van der Waals surface area contributed by atoms with Crippen LogP contribution in [-0.4, -0.2) is 22.1 Å². The molecule has 0 saturated carbocycles. The Morgan fingerprint density at radius 2 is 0.706 bits per heavy atom. The molecule has 11 aromatic rings. The zero-order valence-electron chi connectivity index (χ0n) is 40.1. The summed E-state index contributed by atoms with van der Waals surface area (Å²) in [7, 11) is -3.89. The quantitative estimate of drug-likeness (QED) is 0.173. The highest BCUT2D eigenvalue weighted by molar-refractivity contribution is 7.91. The topological polar surface area (TPSA) is 72.7 Å². The average Bonchev–Trinajstić information content (AvgIpc) is 3.96. The number of aromatic nitrogens is 3. The van der Waals surface area contributed by atoms with Crippen molar-refractivity contribution in [3.63, 3.8) is 0 Å². The Balaban J connectivity index is 1.42. The second-order valence-electron chi connectivity index (χ2n) is 21.4. The van der Waals surface area contributed by atoms with Gasteiger partial charge in [0.2, 0.25) is 9.84 Å². The van der Waals surface area contributed by atoms with Crippen molar-refractivity contribution in [2.75, 3.05) is 0 Å². The molecule has 6 nitrogen and oxygen atoms in total. The number of benzene rings is 8.